The molecule has 6 rings (SSSR count). The van der Waals surface area contributed by atoms with Gasteiger partial charge in [0.15, 0.2) is 0 Å². The quantitative estimate of drug-likeness (QED) is 0.433. The highest BCUT2D eigenvalue weighted by atomic mass is 79.9. The number of halogens is 2. The van der Waals surface area contributed by atoms with E-state index in [9.17, 15) is 14.0 Å². The first-order valence-corrected chi connectivity index (χ1v) is 14.2. The lowest BCUT2D eigenvalue weighted by atomic mass is 9.88. The zero-order valence-electron chi connectivity index (χ0n) is 21.7. The van der Waals surface area contributed by atoms with Crippen LogP contribution in [0.15, 0.2) is 77.3 Å². The molecule has 8 heteroatoms. The van der Waals surface area contributed by atoms with E-state index in [1.165, 1.54) is 30.4 Å². The van der Waals surface area contributed by atoms with Crippen molar-refractivity contribution in [2.75, 3.05) is 33.3 Å². The number of carbonyl (C=O) groups is 2. The lowest BCUT2D eigenvalue weighted by molar-refractivity contribution is -0.125. The standard InChI is InChI=1S/C31H31BrFN3O3/c1-39-28-13-27(33)26(32)12-21(28)31(38)36-17-23-24(18-36)29(23)34-30(37)25-16-35(14-19-8-4-2-5-9-19)15-22(25)20-10-6-3-7-11-20/h2-13,22-25,29H,14-18H2,1H3,(H,34,37)/t22-,23-,24+,25+,29?/m0/s1. The van der Waals surface area contributed by atoms with Crippen molar-refractivity contribution in [2.24, 2.45) is 17.8 Å². The first-order chi connectivity index (χ1) is 18.9. The molecule has 1 N–H and O–H groups in total. The van der Waals surface area contributed by atoms with Gasteiger partial charge in [-0.3, -0.25) is 14.5 Å². The second-order valence-electron chi connectivity index (χ2n) is 10.8. The van der Waals surface area contributed by atoms with E-state index in [2.05, 4.69) is 62.5 Å². The SMILES string of the molecule is COc1cc(F)c(Br)cc1C(=O)N1C[C@@H]2C(NC(=O)[C@@H]3CN(Cc4ccccc4)C[C@H]3c3ccccc3)[C@@H]2C1. The second-order valence-corrected chi connectivity index (χ2v) is 11.7. The highest BCUT2D eigenvalue weighted by molar-refractivity contribution is 9.10. The van der Waals surface area contributed by atoms with Crippen LogP contribution < -0.4 is 10.1 Å². The zero-order chi connectivity index (χ0) is 27.1. The molecule has 1 saturated carbocycles. The van der Waals surface area contributed by atoms with Gasteiger partial charge in [0.2, 0.25) is 5.91 Å². The van der Waals surface area contributed by atoms with Gasteiger partial charge >= 0.3 is 0 Å². The third-order valence-electron chi connectivity index (χ3n) is 8.47. The molecule has 2 saturated heterocycles. The average molecular weight is 593 g/mol. The van der Waals surface area contributed by atoms with E-state index in [4.69, 9.17) is 4.74 Å². The molecule has 1 aliphatic carbocycles. The minimum Gasteiger partial charge on any atom is -0.496 e. The minimum atomic E-state index is -0.474. The Labute approximate surface area is 236 Å². The molecule has 3 aromatic rings. The molecule has 2 aliphatic heterocycles. The summed E-state index contributed by atoms with van der Waals surface area (Å²) in [6.45, 7) is 3.51. The number of rotatable bonds is 7. The molecule has 6 nitrogen and oxygen atoms in total. The minimum absolute atomic E-state index is 0.0861. The Kier molecular flexibility index (Phi) is 7.16. The van der Waals surface area contributed by atoms with Crippen LogP contribution in [-0.2, 0) is 11.3 Å². The number of likely N-dealkylation sites (tertiary alicyclic amines) is 2. The van der Waals surface area contributed by atoms with E-state index in [1.807, 2.05) is 24.3 Å². The van der Waals surface area contributed by atoms with Gasteiger partial charge in [0.25, 0.3) is 5.91 Å². The summed E-state index contributed by atoms with van der Waals surface area (Å²) in [4.78, 5) is 31.0. The molecule has 3 aromatic carbocycles. The summed E-state index contributed by atoms with van der Waals surface area (Å²) in [5, 5.41) is 3.34. The third-order valence-corrected chi connectivity index (χ3v) is 9.08. The largest absolute Gasteiger partial charge is 0.496 e. The Morgan fingerprint density at radius 3 is 2.31 bits per heavy atom. The van der Waals surface area contributed by atoms with Crippen LogP contribution in [0.25, 0.3) is 0 Å². The molecule has 39 heavy (non-hydrogen) atoms. The van der Waals surface area contributed by atoms with Crippen LogP contribution in [0.1, 0.15) is 27.4 Å². The summed E-state index contributed by atoms with van der Waals surface area (Å²) < 4.78 is 19.4. The predicted molar refractivity (Wildman–Crippen MR) is 150 cm³/mol. The van der Waals surface area contributed by atoms with E-state index >= 15 is 0 Å². The van der Waals surface area contributed by atoms with Crippen molar-refractivity contribution in [1.29, 1.82) is 0 Å². The first-order valence-electron chi connectivity index (χ1n) is 13.4. The van der Waals surface area contributed by atoms with Gasteiger partial charge in [-0.1, -0.05) is 60.7 Å². The molecule has 0 radical (unpaired) electrons. The summed E-state index contributed by atoms with van der Waals surface area (Å²) in [5.74, 6) is 0.154. The lowest BCUT2D eigenvalue weighted by Crippen LogP contribution is -2.41. The fraction of sp³-hybridized carbons (Fsp3) is 0.355. The molecule has 0 spiro atoms. The van der Waals surface area contributed by atoms with Gasteiger partial charge in [0.05, 0.1) is 23.1 Å². The number of nitrogens with zero attached hydrogens (tertiary/aromatic N) is 2. The van der Waals surface area contributed by atoms with Crippen molar-refractivity contribution in [3.63, 3.8) is 0 Å². The van der Waals surface area contributed by atoms with Crippen molar-refractivity contribution >= 4 is 27.7 Å². The van der Waals surface area contributed by atoms with Gasteiger partial charge < -0.3 is 15.0 Å². The number of benzene rings is 3. The summed E-state index contributed by atoms with van der Waals surface area (Å²) in [6, 6.07) is 23.5. The number of amides is 2. The van der Waals surface area contributed by atoms with Crippen molar-refractivity contribution in [3.05, 3.63) is 99.8 Å². The van der Waals surface area contributed by atoms with Gasteiger partial charge in [0.1, 0.15) is 11.6 Å². The molecular formula is C31H31BrFN3O3. The summed E-state index contributed by atoms with van der Waals surface area (Å²) in [5.41, 5.74) is 2.78. The normalized spacial score (nSPS) is 25.8. The topological polar surface area (TPSA) is 61.9 Å². The number of hydrogen-bond acceptors (Lipinski definition) is 4. The highest BCUT2D eigenvalue weighted by Crippen LogP contribution is 2.47. The monoisotopic (exact) mass is 591 g/mol. The van der Waals surface area contributed by atoms with Crippen molar-refractivity contribution in [1.82, 2.24) is 15.1 Å². The molecule has 1 unspecified atom stereocenters. The number of fused-ring (bicyclic) bond motifs is 1. The fourth-order valence-electron chi connectivity index (χ4n) is 6.37. The maximum atomic E-state index is 13.9. The molecule has 3 fully saturated rings. The maximum absolute atomic E-state index is 13.9. The van der Waals surface area contributed by atoms with E-state index in [0.717, 1.165) is 13.1 Å². The van der Waals surface area contributed by atoms with Crippen LogP contribution in [0, 0.1) is 23.6 Å². The van der Waals surface area contributed by atoms with E-state index < -0.39 is 5.82 Å². The van der Waals surface area contributed by atoms with Crippen molar-refractivity contribution in [2.45, 2.75) is 18.5 Å². The van der Waals surface area contributed by atoms with Crippen LogP contribution in [0.3, 0.4) is 0 Å². The molecule has 202 valence electrons. The zero-order valence-corrected chi connectivity index (χ0v) is 23.3. The molecule has 0 aromatic heterocycles. The lowest BCUT2D eigenvalue weighted by Gasteiger charge is -2.23. The van der Waals surface area contributed by atoms with Gasteiger partial charge in [0, 0.05) is 62.6 Å². The molecule has 3 aliphatic rings. The van der Waals surface area contributed by atoms with Crippen LogP contribution in [0.5, 0.6) is 5.75 Å². The van der Waals surface area contributed by atoms with Crippen molar-refractivity contribution < 1.29 is 18.7 Å². The van der Waals surface area contributed by atoms with Crippen LogP contribution in [0.2, 0.25) is 0 Å². The fourth-order valence-corrected chi connectivity index (χ4v) is 6.72. The number of piperidine rings is 1. The average Bonchev–Trinajstić information content (AvgIpc) is 3.27. The first kappa shape index (κ1) is 26.0. The number of hydrogen-bond donors (Lipinski definition) is 1. The Morgan fingerprint density at radius 1 is 0.974 bits per heavy atom. The highest BCUT2D eigenvalue weighted by Gasteiger charge is 2.58. The van der Waals surface area contributed by atoms with E-state index in [-0.39, 0.29) is 51.8 Å². The van der Waals surface area contributed by atoms with E-state index in [0.29, 0.717) is 25.2 Å². The Bertz CT molecular complexity index is 1360. The van der Waals surface area contributed by atoms with Crippen LogP contribution in [0.4, 0.5) is 4.39 Å². The van der Waals surface area contributed by atoms with E-state index in [1.54, 1.807) is 4.90 Å². The number of ether oxygens (including phenoxy) is 1. The number of methoxy groups -OCH3 is 1. The molecule has 5 atom stereocenters. The molecule has 0 bridgehead atoms. The van der Waals surface area contributed by atoms with Gasteiger partial charge in [-0.15, -0.1) is 0 Å². The van der Waals surface area contributed by atoms with Gasteiger partial charge in [-0.2, -0.15) is 0 Å². The summed E-state index contributed by atoms with van der Waals surface area (Å²) in [6.07, 6.45) is 0. The van der Waals surface area contributed by atoms with Gasteiger partial charge in [-0.05, 0) is 33.1 Å². The molecule has 2 heterocycles. The van der Waals surface area contributed by atoms with Gasteiger partial charge in [-0.25, -0.2) is 4.39 Å². The maximum Gasteiger partial charge on any atom is 0.257 e. The Morgan fingerprint density at radius 2 is 1.64 bits per heavy atom. The smallest absolute Gasteiger partial charge is 0.257 e. The van der Waals surface area contributed by atoms with Crippen LogP contribution >= 0.6 is 15.9 Å². The Hall–Kier alpha value is -3.23. The molecule has 2 amide bonds. The third kappa shape index (κ3) is 5.20. The number of nitrogens with one attached hydrogen (secondary N) is 1. The van der Waals surface area contributed by atoms with Crippen LogP contribution in [-0.4, -0.2) is 60.9 Å². The Balaban J connectivity index is 1.10. The predicted octanol–water partition coefficient (Wildman–Crippen LogP) is 4.70. The molecular weight excluding hydrogens is 561 g/mol. The number of carbonyl (C=O) groups excluding carboxylic acids is 2. The summed E-state index contributed by atoms with van der Waals surface area (Å²) >= 11 is 3.17. The second kappa shape index (κ2) is 10.7. The summed E-state index contributed by atoms with van der Waals surface area (Å²) in [7, 11) is 1.43. The van der Waals surface area contributed by atoms with Crippen molar-refractivity contribution in [3.8, 4) is 5.75 Å².